The average Bonchev–Trinajstić information content (AvgIpc) is 2.68. The summed E-state index contributed by atoms with van der Waals surface area (Å²) in [5, 5.41) is 8.83. The summed E-state index contributed by atoms with van der Waals surface area (Å²) in [5.74, 6) is 0.658. The monoisotopic (exact) mass is 259 g/mol. The first-order chi connectivity index (χ1) is 8.70. The Labute approximate surface area is 108 Å². The number of nitrogens with one attached hydrogen (secondary N) is 1. The van der Waals surface area contributed by atoms with Crippen LogP contribution < -0.4 is 5.32 Å². The van der Waals surface area contributed by atoms with Gasteiger partial charge in [-0.05, 0) is 35.9 Å². The van der Waals surface area contributed by atoms with Crippen LogP contribution in [0.5, 0.6) is 0 Å². The minimum Gasteiger partial charge on any atom is -0.340 e. The van der Waals surface area contributed by atoms with Crippen molar-refractivity contribution in [1.29, 1.82) is 0 Å². The van der Waals surface area contributed by atoms with Gasteiger partial charge in [0.25, 0.3) is 0 Å². The summed E-state index contributed by atoms with van der Waals surface area (Å²) in [6, 6.07) is 7.70. The number of hydrogen-bond donors (Lipinski definition) is 1. The van der Waals surface area contributed by atoms with Crippen molar-refractivity contribution in [2.45, 2.75) is 0 Å². The third-order valence-corrected chi connectivity index (χ3v) is 2.70. The van der Waals surface area contributed by atoms with E-state index in [0.29, 0.717) is 5.82 Å². The van der Waals surface area contributed by atoms with Crippen molar-refractivity contribution in [1.82, 2.24) is 19.7 Å². The molecule has 0 saturated heterocycles. The molecule has 18 heavy (non-hydrogen) atoms. The Hall–Kier alpha value is -2.14. The molecule has 1 N–H and O–H groups in total. The van der Waals surface area contributed by atoms with Crippen LogP contribution >= 0.6 is 11.6 Å². The zero-order chi connectivity index (χ0) is 12.5. The number of halogens is 1. The van der Waals surface area contributed by atoms with Crippen molar-refractivity contribution in [2.24, 2.45) is 7.05 Å². The summed E-state index contributed by atoms with van der Waals surface area (Å²) < 4.78 is 1.79. The molecule has 5 nitrogen and oxygen atoms in total. The van der Waals surface area contributed by atoms with Crippen LogP contribution in [-0.2, 0) is 7.05 Å². The number of aromatic nitrogens is 4. The van der Waals surface area contributed by atoms with Crippen molar-refractivity contribution < 1.29 is 0 Å². The van der Waals surface area contributed by atoms with Crippen molar-refractivity contribution in [3.05, 3.63) is 41.9 Å². The number of aryl methyl sites for hydroxylation is 1. The number of fused-ring (bicyclic) bond motifs is 1. The molecule has 0 spiro atoms. The van der Waals surface area contributed by atoms with Crippen LogP contribution in [0, 0.1) is 0 Å². The molecule has 2 aromatic heterocycles. The van der Waals surface area contributed by atoms with Crippen molar-refractivity contribution in [3.63, 3.8) is 0 Å². The van der Waals surface area contributed by atoms with Crippen LogP contribution in [0.25, 0.3) is 10.9 Å². The molecule has 0 unspecified atom stereocenters. The summed E-state index contributed by atoms with van der Waals surface area (Å²) in [5.41, 5.74) is 1.85. The summed E-state index contributed by atoms with van der Waals surface area (Å²) in [6.07, 6.45) is 3.58. The second-order valence-corrected chi connectivity index (χ2v) is 4.25. The fourth-order valence-electron chi connectivity index (χ4n) is 1.77. The summed E-state index contributed by atoms with van der Waals surface area (Å²) in [4.78, 5) is 7.90. The topological polar surface area (TPSA) is 55.6 Å². The van der Waals surface area contributed by atoms with E-state index < -0.39 is 0 Å². The highest BCUT2D eigenvalue weighted by Gasteiger charge is 2.02. The lowest BCUT2D eigenvalue weighted by atomic mass is 10.2. The smallest absolute Gasteiger partial charge is 0.224 e. The van der Waals surface area contributed by atoms with E-state index in [4.69, 9.17) is 11.6 Å². The van der Waals surface area contributed by atoms with Crippen LogP contribution in [0.4, 0.5) is 11.5 Å². The van der Waals surface area contributed by atoms with E-state index in [1.807, 2.05) is 31.4 Å². The summed E-state index contributed by atoms with van der Waals surface area (Å²) >= 11 is 5.73. The lowest BCUT2D eigenvalue weighted by molar-refractivity contribution is 0.780. The zero-order valence-corrected chi connectivity index (χ0v) is 10.4. The second-order valence-electron chi connectivity index (χ2n) is 3.91. The van der Waals surface area contributed by atoms with E-state index >= 15 is 0 Å². The Balaban J connectivity index is 1.94. The maximum absolute atomic E-state index is 5.73. The highest BCUT2D eigenvalue weighted by atomic mass is 35.5. The van der Waals surface area contributed by atoms with Crippen molar-refractivity contribution in [3.8, 4) is 0 Å². The van der Waals surface area contributed by atoms with Crippen molar-refractivity contribution >= 4 is 34.0 Å². The maximum Gasteiger partial charge on any atom is 0.224 e. The number of hydrogen-bond acceptors (Lipinski definition) is 4. The molecule has 3 aromatic rings. The lowest BCUT2D eigenvalue weighted by Crippen LogP contribution is -1.94. The van der Waals surface area contributed by atoms with Gasteiger partial charge in [0.05, 0.1) is 5.52 Å². The third kappa shape index (κ3) is 2.12. The Morgan fingerprint density at radius 2 is 2.17 bits per heavy atom. The van der Waals surface area contributed by atoms with E-state index in [-0.39, 0.29) is 5.28 Å². The molecular formula is C12H10ClN5. The number of nitrogens with zero attached hydrogens (tertiary/aromatic N) is 4. The van der Waals surface area contributed by atoms with Gasteiger partial charge >= 0.3 is 0 Å². The third-order valence-electron chi connectivity index (χ3n) is 2.52. The average molecular weight is 260 g/mol. The van der Waals surface area contributed by atoms with Crippen LogP contribution in [0.1, 0.15) is 0 Å². The molecule has 2 heterocycles. The van der Waals surface area contributed by atoms with Gasteiger partial charge in [0.15, 0.2) is 0 Å². The van der Waals surface area contributed by atoms with Gasteiger partial charge in [0.2, 0.25) is 5.28 Å². The zero-order valence-electron chi connectivity index (χ0n) is 9.63. The fourth-order valence-corrected chi connectivity index (χ4v) is 1.92. The molecule has 6 heteroatoms. The van der Waals surface area contributed by atoms with Gasteiger partial charge in [-0.3, -0.25) is 4.68 Å². The molecule has 0 amide bonds. The summed E-state index contributed by atoms with van der Waals surface area (Å²) in [7, 11) is 1.90. The second kappa shape index (κ2) is 4.27. The predicted octanol–water partition coefficient (Wildman–Crippen LogP) is 2.76. The molecule has 90 valence electrons. The molecule has 0 atom stereocenters. The van der Waals surface area contributed by atoms with E-state index in [1.165, 1.54) is 0 Å². The summed E-state index contributed by atoms with van der Waals surface area (Å²) in [6.45, 7) is 0. The quantitative estimate of drug-likeness (QED) is 0.719. The van der Waals surface area contributed by atoms with Gasteiger partial charge in [-0.1, -0.05) is 0 Å². The Morgan fingerprint density at radius 1 is 1.28 bits per heavy atom. The normalized spacial score (nSPS) is 10.8. The molecule has 0 aliphatic carbocycles. The Morgan fingerprint density at radius 3 is 3.00 bits per heavy atom. The number of anilines is 2. The molecule has 0 radical (unpaired) electrons. The van der Waals surface area contributed by atoms with E-state index in [9.17, 15) is 0 Å². The number of rotatable bonds is 2. The highest BCUT2D eigenvalue weighted by Crippen LogP contribution is 2.20. The van der Waals surface area contributed by atoms with E-state index in [0.717, 1.165) is 16.6 Å². The molecule has 0 saturated carbocycles. The van der Waals surface area contributed by atoms with Gasteiger partial charge in [-0.2, -0.15) is 5.10 Å². The van der Waals surface area contributed by atoms with Crippen LogP contribution in [0.15, 0.2) is 36.7 Å². The van der Waals surface area contributed by atoms with Gasteiger partial charge < -0.3 is 5.32 Å². The lowest BCUT2D eigenvalue weighted by Gasteiger charge is -2.04. The molecule has 3 rings (SSSR count). The first-order valence-electron chi connectivity index (χ1n) is 5.40. The maximum atomic E-state index is 5.73. The molecule has 0 aliphatic rings. The highest BCUT2D eigenvalue weighted by molar-refractivity contribution is 6.28. The van der Waals surface area contributed by atoms with Gasteiger partial charge in [0.1, 0.15) is 5.82 Å². The van der Waals surface area contributed by atoms with Crippen LogP contribution in [0.3, 0.4) is 0 Å². The fraction of sp³-hybridized carbons (Fsp3) is 0.0833. The Kier molecular flexibility index (Phi) is 2.60. The van der Waals surface area contributed by atoms with Crippen molar-refractivity contribution in [2.75, 3.05) is 5.32 Å². The Bertz CT molecular complexity index is 707. The molecule has 0 bridgehead atoms. The molecule has 0 aliphatic heterocycles. The van der Waals surface area contributed by atoms with Gasteiger partial charge in [-0.25, -0.2) is 9.97 Å². The van der Waals surface area contributed by atoms with Gasteiger partial charge in [0, 0.05) is 30.5 Å². The molecule has 0 fully saturated rings. The first-order valence-corrected chi connectivity index (χ1v) is 5.77. The van der Waals surface area contributed by atoms with Crippen LogP contribution in [-0.4, -0.2) is 19.7 Å². The van der Waals surface area contributed by atoms with E-state index in [2.05, 4.69) is 20.4 Å². The minimum absolute atomic E-state index is 0.221. The van der Waals surface area contributed by atoms with Gasteiger partial charge in [-0.15, -0.1) is 0 Å². The first kappa shape index (κ1) is 11.0. The van der Waals surface area contributed by atoms with E-state index in [1.54, 1.807) is 16.9 Å². The van der Waals surface area contributed by atoms with Crippen LogP contribution in [0.2, 0.25) is 5.28 Å². The SMILES string of the molecule is Cn1cc2ccc(Nc3ccnc(Cl)n3)cc2n1. The molecule has 1 aromatic carbocycles. The number of benzene rings is 1. The largest absolute Gasteiger partial charge is 0.340 e. The molecular weight excluding hydrogens is 250 g/mol. The standard InChI is InChI=1S/C12H10ClN5/c1-18-7-8-2-3-9(6-10(8)17-18)15-11-4-5-14-12(13)16-11/h2-7H,1H3,(H,14,15,16). The predicted molar refractivity (Wildman–Crippen MR) is 71.0 cm³/mol. The minimum atomic E-state index is 0.221.